The van der Waals surface area contributed by atoms with E-state index < -0.39 is 5.60 Å². The third kappa shape index (κ3) is 6.06. The van der Waals surface area contributed by atoms with Crippen molar-refractivity contribution in [2.24, 2.45) is 0 Å². The normalized spacial score (nSPS) is 23.5. The molecule has 1 saturated heterocycles. The first-order valence-electron chi connectivity index (χ1n) is 10.4. The number of amides is 1. The molecule has 0 spiro atoms. The SMILES string of the molecule is CC(C)(C)OC(=O)NC1CCC(N2CCN(c3ccc([N+](=O)[O-])cc3)CC2)CC1. The van der Waals surface area contributed by atoms with Gasteiger partial charge in [-0.3, -0.25) is 15.0 Å². The Morgan fingerprint density at radius 3 is 2.17 bits per heavy atom. The van der Waals surface area contributed by atoms with E-state index in [1.165, 1.54) is 0 Å². The number of benzene rings is 1. The van der Waals surface area contributed by atoms with Crippen molar-refractivity contribution in [2.45, 2.75) is 64.1 Å². The summed E-state index contributed by atoms with van der Waals surface area (Å²) in [4.78, 5) is 27.2. The van der Waals surface area contributed by atoms with Gasteiger partial charge in [-0.15, -0.1) is 0 Å². The highest BCUT2D eigenvalue weighted by Crippen LogP contribution is 2.26. The van der Waals surface area contributed by atoms with Crippen LogP contribution in [0.5, 0.6) is 0 Å². The van der Waals surface area contributed by atoms with Crippen molar-refractivity contribution in [3.8, 4) is 0 Å². The van der Waals surface area contributed by atoms with Gasteiger partial charge < -0.3 is 15.0 Å². The summed E-state index contributed by atoms with van der Waals surface area (Å²) in [7, 11) is 0. The Bertz CT molecular complexity index is 700. The van der Waals surface area contributed by atoms with Gasteiger partial charge in [-0.1, -0.05) is 0 Å². The Kier molecular flexibility index (Phi) is 6.62. The van der Waals surface area contributed by atoms with Gasteiger partial charge in [0.15, 0.2) is 0 Å². The molecular weight excluding hydrogens is 372 g/mol. The van der Waals surface area contributed by atoms with E-state index in [0.29, 0.717) is 6.04 Å². The molecule has 0 bridgehead atoms. The summed E-state index contributed by atoms with van der Waals surface area (Å²) in [6.45, 7) is 9.46. The average molecular weight is 405 g/mol. The monoisotopic (exact) mass is 404 g/mol. The zero-order valence-electron chi connectivity index (χ0n) is 17.6. The molecule has 2 fully saturated rings. The second-order valence-electron chi connectivity index (χ2n) is 8.95. The van der Waals surface area contributed by atoms with E-state index in [0.717, 1.165) is 57.5 Å². The highest BCUT2D eigenvalue weighted by Gasteiger charge is 2.29. The molecule has 1 N–H and O–H groups in total. The lowest BCUT2D eigenvalue weighted by Gasteiger charge is -2.42. The summed E-state index contributed by atoms with van der Waals surface area (Å²) in [6.07, 6.45) is 3.80. The smallest absolute Gasteiger partial charge is 0.407 e. The molecule has 1 aliphatic carbocycles. The Labute approximate surface area is 172 Å². The number of piperazine rings is 1. The fraction of sp³-hybridized carbons (Fsp3) is 0.667. The number of alkyl carbamates (subject to hydrolysis) is 1. The number of anilines is 1. The number of nitrogens with zero attached hydrogens (tertiary/aromatic N) is 3. The number of hydrogen-bond acceptors (Lipinski definition) is 6. The molecule has 0 radical (unpaired) electrons. The lowest BCUT2D eigenvalue weighted by molar-refractivity contribution is -0.384. The molecule has 0 unspecified atom stereocenters. The molecule has 29 heavy (non-hydrogen) atoms. The second kappa shape index (κ2) is 8.98. The van der Waals surface area contributed by atoms with Gasteiger partial charge in [0.05, 0.1) is 4.92 Å². The molecule has 8 nitrogen and oxygen atoms in total. The fourth-order valence-corrected chi connectivity index (χ4v) is 4.19. The van der Waals surface area contributed by atoms with Crippen LogP contribution in [0.3, 0.4) is 0 Å². The Balaban J connectivity index is 1.42. The molecule has 0 aromatic heterocycles. The minimum absolute atomic E-state index is 0.129. The van der Waals surface area contributed by atoms with Crippen LogP contribution in [0.25, 0.3) is 0 Å². The highest BCUT2D eigenvalue weighted by molar-refractivity contribution is 5.68. The molecule has 1 aromatic carbocycles. The van der Waals surface area contributed by atoms with Crippen LogP contribution in [0.15, 0.2) is 24.3 Å². The molecule has 1 heterocycles. The summed E-state index contributed by atoms with van der Waals surface area (Å²) in [5, 5.41) is 13.8. The Morgan fingerprint density at radius 2 is 1.66 bits per heavy atom. The first-order chi connectivity index (χ1) is 13.7. The Hall–Kier alpha value is -2.35. The quantitative estimate of drug-likeness (QED) is 0.610. The van der Waals surface area contributed by atoms with Gasteiger partial charge in [0.2, 0.25) is 0 Å². The fourth-order valence-electron chi connectivity index (χ4n) is 4.19. The van der Waals surface area contributed by atoms with Crippen LogP contribution in [-0.2, 0) is 4.74 Å². The minimum Gasteiger partial charge on any atom is -0.444 e. The molecule has 1 saturated carbocycles. The average Bonchev–Trinajstić information content (AvgIpc) is 2.67. The molecule has 1 amide bonds. The third-order valence-electron chi connectivity index (χ3n) is 5.67. The summed E-state index contributed by atoms with van der Waals surface area (Å²) < 4.78 is 5.35. The predicted molar refractivity (Wildman–Crippen MR) is 112 cm³/mol. The number of carbonyl (C=O) groups excluding carboxylic acids is 1. The van der Waals surface area contributed by atoms with Crippen molar-refractivity contribution >= 4 is 17.5 Å². The van der Waals surface area contributed by atoms with E-state index in [2.05, 4.69) is 15.1 Å². The molecule has 1 aliphatic heterocycles. The maximum Gasteiger partial charge on any atom is 0.407 e. The van der Waals surface area contributed by atoms with Crippen molar-refractivity contribution in [3.63, 3.8) is 0 Å². The van der Waals surface area contributed by atoms with Gasteiger partial charge in [0.25, 0.3) is 5.69 Å². The summed E-state index contributed by atoms with van der Waals surface area (Å²) in [5.41, 5.74) is 0.703. The Morgan fingerprint density at radius 1 is 1.07 bits per heavy atom. The van der Waals surface area contributed by atoms with E-state index in [9.17, 15) is 14.9 Å². The van der Waals surface area contributed by atoms with Gasteiger partial charge >= 0.3 is 6.09 Å². The van der Waals surface area contributed by atoms with Crippen molar-refractivity contribution in [3.05, 3.63) is 34.4 Å². The molecule has 160 valence electrons. The molecule has 2 aliphatic rings. The van der Waals surface area contributed by atoms with Crippen LogP contribution in [0.4, 0.5) is 16.2 Å². The lowest BCUT2D eigenvalue weighted by atomic mass is 9.90. The van der Waals surface area contributed by atoms with Crippen LogP contribution < -0.4 is 10.2 Å². The maximum absolute atomic E-state index is 12.0. The van der Waals surface area contributed by atoms with Gasteiger partial charge in [0.1, 0.15) is 5.60 Å². The predicted octanol–water partition coefficient (Wildman–Crippen LogP) is 3.55. The zero-order chi connectivity index (χ0) is 21.0. The first kappa shape index (κ1) is 21.4. The number of nitro groups is 1. The minimum atomic E-state index is -0.468. The van der Waals surface area contributed by atoms with E-state index in [1.54, 1.807) is 12.1 Å². The van der Waals surface area contributed by atoms with E-state index in [4.69, 9.17) is 4.74 Å². The molecule has 0 atom stereocenters. The summed E-state index contributed by atoms with van der Waals surface area (Å²) in [6, 6.07) is 7.57. The number of non-ortho nitro benzene ring substituents is 1. The summed E-state index contributed by atoms with van der Waals surface area (Å²) in [5.74, 6) is 0. The van der Waals surface area contributed by atoms with Gasteiger partial charge in [-0.05, 0) is 58.6 Å². The van der Waals surface area contributed by atoms with Crippen LogP contribution >= 0.6 is 0 Å². The van der Waals surface area contributed by atoms with Crippen molar-refractivity contribution in [1.29, 1.82) is 0 Å². The molecule has 8 heteroatoms. The van der Waals surface area contributed by atoms with Crippen LogP contribution in [0, 0.1) is 10.1 Å². The standard InChI is InChI=1S/C21H32N4O4/c1-21(2,3)29-20(26)22-16-4-6-17(7-5-16)23-12-14-24(15-13-23)18-8-10-19(11-9-18)25(27)28/h8-11,16-17H,4-7,12-15H2,1-3H3,(H,22,26). The highest BCUT2D eigenvalue weighted by atomic mass is 16.6. The molecular formula is C21H32N4O4. The van der Waals surface area contributed by atoms with Gasteiger partial charge in [-0.2, -0.15) is 0 Å². The topological polar surface area (TPSA) is 88.0 Å². The number of nitro benzene ring substituents is 1. The number of hydrogen-bond donors (Lipinski definition) is 1. The van der Waals surface area contributed by atoms with Crippen molar-refractivity contribution < 1.29 is 14.5 Å². The van der Waals surface area contributed by atoms with Gasteiger partial charge in [0, 0.05) is 56.1 Å². The van der Waals surface area contributed by atoms with Crippen LogP contribution in [0.2, 0.25) is 0 Å². The van der Waals surface area contributed by atoms with E-state index in [-0.39, 0.29) is 22.7 Å². The number of ether oxygens (including phenoxy) is 1. The maximum atomic E-state index is 12.0. The van der Waals surface area contributed by atoms with Crippen LogP contribution in [-0.4, -0.2) is 59.8 Å². The number of rotatable bonds is 4. The number of nitrogens with one attached hydrogen (secondary N) is 1. The van der Waals surface area contributed by atoms with Crippen LogP contribution in [0.1, 0.15) is 46.5 Å². The second-order valence-corrected chi connectivity index (χ2v) is 8.95. The van der Waals surface area contributed by atoms with Crippen molar-refractivity contribution in [1.82, 2.24) is 10.2 Å². The summed E-state index contributed by atoms with van der Waals surface area (Å²) >= 11 is 0. The zero-order valence-corrected chi connectivity index (χ0v) is 17.6. The third-order valence-corrected chi connectivity index (χ3v) is 5.67. The molecule has 1 aromatic rings. The lowest BCUT2D eigenvalue weighted by Crippen LogP contribution is -2.52. The van der Waals surface area contributed by atoms with Crippen molar-refractivity contribution in [2.75, 3.05) is 31.1 Å². The largest absolute Gasteiger partial charge is 0.444 e. The van der Waals surface area contributed by atoms with E-state index in [1.807, 2.05) is 32.9 Å². The first-order valence-corrected chi connectivity index (χ1v) is 10.4. The van der Waals surface area contributed by atoms with Gasteiger partial charge in [-0.25, -0.2) is 4.79 Å². The number of carbonyl (C=O) groups is 1. The molecule has 3 rings (SSSR count). The van der Waals surface area contributed by atoms with E-state index >= 15 is 0 Å².